The van der Waals surface area contributed by atoms with E-state index in [4.69, 9.17) is 0 Å². The Bertz CT molecular complexity index is 751. The van der Waals surface area contributed by atoms with E-state index >= 15 is 0 Å². The standard InChI is InChI=1S/C15H19N3O2S/c1-12-3-4-13-11-17-7-5-14(13)15(12)21(19,20)18-9-2-6-16-8-10-18/h3-5,7,11,16H,2,6,8-10H2,1H3. The van der Waals surface area contributed by atoms with Crippen molar-refractivity contribution in [1.29, 1.82) is 0 Å². The number of nitrogens with zero attached hydrogens (tertiary/aromatic N) is 2. The summed E-state index contributed by atoms with van der Waals surface area (Å²) >= 11 is 0. The van der Waals surface area contributed by atoms with Crippen LogP contribution in [-0.4, -0.2) is 43.9 Å². The van der Waals surface area contributed by atoms with E-state index in [1.54, 1.807) is 22.8 Å². The molecule has 6 heteroatoms. The number of hydrogen-bond donors (Lipinski definition) is 1. The van der Waals surface area contributed by atoms with Crippen LogP contribution in [0.3, 0.4) is 0 Å². The fourth-order valence-electron chi connectivity index (χ4n) is 2.78. The second-order valence-corrected chi connectivity index (χ2v) is 7.19. The number of aryl methyl sites for hydroxylation is 1. The van der Waals surface area contributed by atoms with Crippen LogP contribution >= 0.6 is 0 Å². The van der Waals surface area contributed by atoms with E-state index in [1.165, 1.54) is 0 Å². The van der Waals surface area contributed by atoms with E-state index in [1.807, 2.05) is 19.1 Å². The summed E-state index contributed by atoms with van der Waals surface area (Å²) in [5.74, 6) is 0. The second kappa shape index (κ2) is 5.71. The van der Waals surface area contributed by atoms with Crippen molar-refractivity contribution < 1.29 is 8.42 Å². The topological polar surface area (TPSA) is 62.3 Å². The van der Waals surface area contributed by atoms with Crippen LogP contribution < -0.4 is 5.32 Å². The highest BCUT2D eigenvalue weighted by Gasteiger charge is 2.28. The molecule has 0 atom stereocenters. The quantitative estimate of drug-likeness (QED) is 0.914. The monoisotopic (exact) mass is 305 g/mol. The van der Waals surface area contributed by atoms with Crippen molar-refractivity contribution in [3.05, 3.63) is 36.2 Å². The van der Waals surface area contributed by atoms with E-state index in [-0.39, 0.29) is 0 Å². The van der Waals surface area contributed by atoms with Crippen LogP contribution in [0.5, 0.6) is 0 Å². The third kappa shape index (κ3) is 2.66. The molecule has 2 heterocycles. The summed E-state index contributed by atoms with van der Waals surface area (Å²) in [6.07, 6.45) is 4.19. The minimum absolute atomic E-state index is 0.421. The van der Waals surface area contributed by atoms with Crippen molar-refractivity contribution in [2.45, 2.75) is 18.2 Å². The lowest BCUT2D eigenvalue weighted by molar-refractivity contribution is 0.432. The fourth-order valence-corrected chi connectivity index (χ4v) is 4.68. The summed E-state index contributed by atoms with van der Waals surface area (Å²) in [7, 11) is -3.48. The van der Waals surface area contributed by atoms with E-state index in [0.29, 0.717) is 24.5 Å². The van der Waals surface area contributed by atoms with Gasteiger partial charge in [0, 0.05) is 42.8 Å². The average molecular weight is 305 g/mol. The lowest BCUT2D eigenvalue weighted by Gasteiger charge is -2.22. The van der Waals surface area contributed by atoms with Gasteiger partial charge in [0.1, 0.15) is 0 Å². The van der Waals surface area contributed by atoms with Gasteiger partial charge in [0.2, 0.25) is 10.0 Å². The molecule has 0 bridgehead atoms. The molecule has 0 amide bonds. The fraction of sp³-hybridized carbons (Fsp3) is 0.400. The molecule has 0 aliphatic carbocycles. The van der Waals surface area contributed by atoms with Gasteiger partial charge in [0.05, 0.1) is 4.90 Å². The van der Waals surface area contributed by atoms with Crippen molar-refractivity contribution in [1.82, 2.24) is 14.6 Å². The molecule has 3 rings (SSSR count). The van der Waals surface area contributed by atoms with Gasteiger partial charge < -0.3 is 5.32 Å². The average Bonchev–Trinajstić information content (AvgIpc) is 2.76. The molecule has 0 saturated carbocycles. The van der Waals surface area contributed by atoms with Gasteiger partial charge in [-0.15, -0.1) is 0 Å². The lowest BCUT2D eigenvalue weighted by Crippen LogP contribution is -2.34. The van der Waals surface area contributed by atoms with Crippen molar-refractivity contribution in [3.63, 3.8) is 0 Å². The Morgan fingerprint density at radius 2 is 2.05 bits per heavy atom. The highest BCUT2D eigenvalue weighted by Crippen LogP contribution is 2.28. The predicted octanol–water partition coefficient (Wildman–Crippen LogP) is 1.53. The maximum absolute atomic E-state index is 13.1. The van der Waals surface area contributed by atoms with Gasteiger partial charge in [0.15, 0.2) is 0 Å². The Kier molecular flexibility index (Phi) is 3.93. The van der Waals surface area contributed by atoms with Gasteiger partial charge in [-0.1, -0.05) is 12.1 Å². The van der Waals surface area contributed by atoms with Crippen molar-refractivity contribution in [3.8, 4) is 0 Å². The molecule has 2 aromatic rings. The molecular weight excluding hydrogens is 286 g/mol. The summed E-state index contributed by atoms with van der Waals surface area (Å²) in [5, 5.41) is 4.84. The van der Waals surface area contributed by atoms with E-state index < -0.39 is 10.0 Å². The number of rotatable bonds is 2. The first kappa shape index (κ1) is 14.4. The number of hydrogen-bond acceptors (Lipinski definition) is 4. The van der Waals surface area contributed by atoms with Gasteiger partial charge in [-0.3, -0.25) is 4.98 Å². The maximum Gasteiger partial charge on any atom is 0.243 e. The first-order valence-corrected chi connectivity index (χ1v) is 8.59. The number of benzene rings is 1. The Morgan fingerprint density at radius 1 is 1.19 bits per heavy atom. The predicted molar refractivity (Wildman–Crippen MR) is 82.7 cm³/mol. The van der Waals surface area contributed by atoms with Crippen LogP contribution in [0.25, 0.3) is 10.8 Å². The lowest BCUT2D eigenvalue weighted by atomic mass is 10.1. The van der Waals surface area contributed by atoms with E-state index in [2.05, 4.69) is 10.3 Å². The van der Waals surface area contributed by atoms with Gasteiger partial charge in [-0.05, 0) is 31.5 Å². The maximum atomic E-state index is 13.1. The van der Waals surface area contributed by atoms with Gasteiger partial charge in [-0.2, -0.15) is 4.31 Å². The summed E-state index contributed by atoms with van der Waals surface area (Å²) in [4.78, 5) is 4.50. The third-order valence-corrected chi connectivity index (χ3v) is 5.97. The number of sulfonamides is 1. The molecule has 0 unspecified atom stereocenters. The zero-order chi connectivity index (χ0) is 14.9. The molecule has 1 aliphatic heterocycles. The van der Waals surface area contributed by atoms with Crippen LogP contribution in [-0.2, 0) is 10.0 Å². The molecule has 0 radical (unpaired) electrons. The van der Waals surface area contributed by atoms with Crippen LogP contribution in [0.2, 0.25) is 0 Å². The minimum atomic E-state index is -3.48. The summed E-state index contributed by atoms with van der Waals surface area (Å²) in [5.41, 5.74) is 0.783. The normalized spacial score (nSPS) is 17.8. The minimum Gasteiger partial charge on any atom is -0.315 e. The molecular formula is C15H19N3O2S. The van der Waals surface area contributed by atoms with Gasteiger partial charge in [0.25, 0.3) is 0 Å². The molecule has 0 spiro atoms. The number of nitrogens with one attached hydrogen (secondary N) is 1. The molecule has 1 saturated heterocycles. The highest BCUT2D eigenvalue weighted by atomic mass is 32.2. The number of fused-ring (bicyclic) bond motifs is 1. The Morgan fingerprint density at radius 3 is 2.90 bits per heavy atom. The molecule has 1 fully saturated rings. The third-order valence-electron chi connectivity index (χ3n) is 3.86. The Balaban J connectivity index is 2.16. The zero-order valence-corrected chi connectivity index (χ0v) is 12.9. The van der Waals surface area contributed by atoms with Gasteiger partial charge >= 0.3 is 0 Å². The smallest absolute Gasteiger partial charge is 0.243 e. The highest BCUT2D eigenvalue weighted by molar-refractivity contribution is 7.89. The largest absolute Gasteiger partial charge is 0.315 e. The number of pyridine rings is 1. The van der Waals surface area contributed by atoms with Crippen molar-refractivity contribution in [2.75, 3.05) is 26.2 Å². The molecule has 5 nitrogen and oxygen atoms in total. The first-order valence-electron chi connectivity index (χ1n) is 7.15. The van der Waals surface area contributed by atoms with Crippen LogP contribution in [0, 0.1) is 6.92 Å². The molecule has 1 aromatic heterocycles. The SMILES string of the molecule is Cc1ccc2cnccc2c1S(=O)(=O)N1CCCNCC1. The molecule has 21 heavy (non-hydrogen) atoms. The van der Waals surface area contributed by atoms with E-state index in [0.717, 1.165) is 29.3 Å². The molecule has 1 N–H and O–H groups in total. The van der Waals surface area contributed by atoms with Gasteiger partial charge in [-0.25, -0.2) is 8.42 Å². The van der Waals surface area contributed by atoms with Crippen molar-refractivity contribution in [2.24, 2.45) is 0 Å². The number of aromatic nitrogens is 1. The van der Waals surface area contributed by atoms with Crippen LogP contribution in [0.1, 0.15) is 12.0 Å². The Hall–Kier alpha value is -1.50. The molecule has 1 aromatic carbocycles. The summed E-state index contributed by atoms with van der Waals surface area (Å²) in [6, 6.07) is 5.55. The molecule has 112 valence electrons. The zero-order valence-electron chi connectivity index (χ0n) is 12.0. The van der Waals surface area contributed by atoms with Crippen LogP contribution in [0.15, 0.2) is 35.5 Å². The van der Waals surface area contributed by atoms with Crippen LogP contribution in [0.4, 0.5) is 0 Å². The first-order chi connectivity index (χ1) is 10.1. The second-order valence-electron chi connectivity index (χ2n) is 5.32. The summed E-state index contributed by atoms with van der Waals surface area (Å²) in [6.45, 7) is 4.50. The summed E-state index contributed by atoms with van der Waals surface area (Å²) < 4.78 is 27.7. The molecule has 1 aliphatic rings. The van der Waals surface area contributed by atoms with Crippen molar-refractivity contribution >= 4 is 20.8 Å². The van der Waals surface area contributed by atoms with E-state index in [9.17, 15) is 8.42 Å². The Labute approximate surface area is 125 Å².